The molecule has 2 heterocycles. The highest BCUT2D eigenvalue weighted by Gasteiger charge is 2.37. The SMILES string of the molecule is O=c1ccn([C@H]2CC[C@@H](COP(=O)(O)O[P+](=O)O)S2)c(=O)[nH]1. The van der Waals surface area contributed by atoms with Gasteiger partial charge in [0.1, 0.15) is 0 Å². The van der Waals surface area contributed by atoms with Crippen molar-refractivity contribution in [2.75, 3.05) is 6.61 Å². The Kier molecular flexibility index (Phi) is 5.73. The molecule has 13 heteroatoms. The molecule has 0 radical (unpaired) electrons. The minimum absolute atomic E-state index is 0.170. The van der Waals surface area contributed by atoms with Gasteiger partial charge in [-0.05, 0) is 17.2 Å². The van der Waals surface area contributed by atoms with Gasteiger partial charge in [-0.1, -0.05) is 0 Å². The molecule has 4 atom stereocenters. The topological polar surface area (TPSA) is 148 Å². The Labute approximate surface area is 129 Å². The van der Waals surface area contributed by atoms with E-state index in [9.17, 15) is 18.7 Å². The zero-order chi connectivity index (χ0) is 16.3. The summed E-state index contributed by atoms with van der Waals surface area (Å²) in [6.07, 6.45) is 2.60. The second kappa shape index (κ2) is 7.18. The number of phosphoric acid groups is 1. The van der Waals surface area contributed by atoms with Crippen LogP contribution >= 0.6 is 27.8 Å². The molecule has 1 aliphatic heterocycles. The second-order valence-corrected chi connectivity index (χ2v) is 8.20. The van der Waals surface area contributed by atoms with Crippen LogP contribution in [0.4, 0.5) is 0 Å². The number of aromatic amines is 1. The third-order valence-corrected chi connectivity index (χ3v) is 6.24. The Balaban J connectivity index is 1.93. The second-order valence-electron chi connectivity index (χ2n) is 4.39. The zero-order valence-electron chi connectivity index (χ0n) is 11.0. The van der Waals surface area contributed by atoms with E-state index in [4.69, 9.17) is 9.79 Å². The molecular weight excluding hydrogens is 358 g/mol. The lowest BCUT2D eigenvalue weighted by molar-refractivity contribution is 0.200. The van der Waals surface area contributed by atoms with Crippen molar-refractivity contribution in [3.63, 3.8) is 0 Å². The van der Waals surface area contributed by atoms with Crippen LogP contribution in [0.3, 0.4) is 0 Å². The summed E-state index contributed by atoms with van der Waals surface area (Å²) in [5.41, 5.74) is -1.01. The van der Waals surface area contributed by atoms with Crippen molar-refractivity contribution in [1.29, 1.82) is 0 Å². The molecule has 2 unspecified atom stereocenters. The average Bonchev–Trinajstić information content (AvgIpc) is 2.83. The number of aromatic nitrogens is 2. The van der Waals surface area contributed by atoms with E-state index in [2.05, 4.69) is 13.8 Å². The molecule has 22 heavy (non-hydrogen) atoms. The van der Waals surface area contributed by atoms with Gasteiger partial charge in [-0.3, -0.25) is 23.8 Å². The summed E-state index contributed by atoms with van der Waals surface area (Å²) in [6, 6.07) is 1.24. The van der Waals surface area contributed by atoms with E-state index in [1.54, 1.807) is 0 Å². The molecule has 0 aromatic carbocycles. The summed E-state index contributed by atoms with van der Waals surface area (Å²) in [6.45, 7) is -0.170. The van der Waals surface area contributed by atoms with Crippen LogP contribution in [-0.2, 0) is 18.0 Å². The van der Waals surface area contributed by atoms with Gasteiger partial charge in [0, 0.05) is 22.1 Å². The van der Waals surface area contributed by atoms with Crippen molar-refractivity contribution in [3.05, 3.63) is 33.1 Å². The van der Waals surface area contributed by atoms with Crippen LogP contribution in [0, 0.1) is 0 Å². The number of H-pyrrole nitrogens is 1. The first-order valence-corrected chi connectivity index (χ1v) is 9.64. The van der Waals surface area contributed by atoms with E-state index in [0.29, 0.717) is 12.8 Å². The minimum Gasteiger partial charge on any atom is -0.300 e. The van der Waals surface area contributed by atoms with Gasteiger partial charge < -0.3 is 0 Å². The summed E-state index contributed by atoms with van der Waals surface area (Å²) >= 11 is 1.34. The van der Waals surface area contributed by atoms with Crippen molar-refractivity contribution in [2.45, 2.75) is 23.5 Å². The molecule has 1 saturated heterocycles. The fourth-order valence-electron chi connectivity index (χ4n) is 1.96. The molecule has 0 amide bonds. The summed E-state index contributed by atoms with van der Waals surface area (Å²) < 4.78 is 31.5. The van der Waals surface area contributed by atoms with Gasteiger partial charge in [0.2, 0.25) is 0 Å². The highest BCUT2D eigenvalue weighted by molar-refractivity contribution is 8.00. The maximum absolute atomic E-state index is 11.7. The molecule has 0 saturated carbocycles. The van der Waals surface area contributed by atoms with E-state index in [-0.39, 0.29) is 17.2 Å². The van der Waals surface area contributed by atoms with Crippen LogP contribution in [0.2, 0.25) is 0 Å². The molecule has 1 aromatic heterocycles. The number of thioether (sulfide) groups is 1. The average molecular weight is 371 g/mol. The molecule has 0 spiro atoms. The molecular formula is C9H13N2O8P2S+. The Morgan fingerprint density at radius 3 is 2.86 bits per heavy atom. The maximum atomic E-state index is 11.7. The van der Waals surface area contributed by atoms with Gasteiger partial charge >= 0.3 is 21.8 Å². The lowest BCUT2D eigenvalue weighted by atomic mass is 10.2. The minimum atomic E-state index is -4.57. The van der Waals surface area contributed by atoms with Crippen molar-refractivity contribution in [3.8, 4) is 0 Å². The van der Waals surface area contributed by atoms with Crippen LogP contribution in [0.1, 0.15) is 18.2 Å². The van der Waals surface area contributed by atoms with E-state index in [1.807, 2.05) is 0 Å². The molecule has 0 bridgehead atoms. The Morgan fingerprint density at radius 2 is 2.23 bits per heavy atom. The smallest absolute Gasteiger partial charge is 0.300 e. The predicted molar refractivity (Wildman–Crippen MR) is 77.7 cm³/mol. The number of rotatable bonds is 6. The fourth-order valence-corrected chi connectivity index (χ4v) is 4.75. The summed E-state index contributed by atoms with van der Waals surface area (Å²) in [5.74, 6) is 0. The van der Waals surface area contributed by atoms with Gasteiger partial charge in [0.05, 0.1) is 12.0 Å². The van der Waals surface area contributed by atoms with E-state index in [1.165, 1.54) is 28.6 Å². The summed E-state index contributed by atoms with van der Waals surface area (Å²) in [4.78, 5) is 42.4. The Hall–Kier alpha value is -0.800. The lowest BCUT2D eigenvalue weighted by Gasteiger charge is -2.14. The third-order valence-electron chi connectivity index (χ3n) is 2.84. The van der Waals surface area contributed by atoms with E-state index < -0.39 is 27.3 Å². The van der Waals surface area contributed by atoms with Crippen molar-refractivity contribution in [1.82, 2.24) is 9.55 Å². The summed E-state index contributed by atoms with van der Waals surface area (Å²) in [5, 5.41) is -0.420. The molecule has 3 N–H and O–H groups in total. The number of nitrogens with one attached hydrogen (secondary N) is 1. The largest absolute Gasteiger partial charge is 0.705 e. The van der Waals surface area contributed by atoms with Gasteiger partial charge in [-0.15, -0.1) is 16.7 Å². The molecule has 1 aromatic rings. The lowest BCUT2D eigenvalue weighted by Crippen LogP contribution is -2.29. The van der Waals surface area contributed by atoms with E-state index >= 15 is 0 Å². The van der Waals surface area contributed by atoms with Crippen molar-refractivity contribution < 1.29 is 27.8 Å². The quantitative estimate of drug-likeness (QED) is 0.615. The number of hydrogen-bond acceptors (Lipinski definition) is 7. The first-order valence-electron chi connectivity index (χ1n) is 6.07. The summed E-state index contributed by atoms with van der Waals surface area (Å²) in [7, 11) is -7.81. The normalized spacial score (nSPS) is 24.9. The van der Waals surface area contributed by atoms with Gasteiger partial charge in [0.25, 0.3) is 5.56 Å². The monoisotopic (exact) mass is 371 g/mol. The Bertz CT molecular complexity index is 718. The maximum Gasteiger partial charge on any atom is 0.705 e. The molecule has 1 fully saturated rings. The molecule has 10 nitrogen and oxygen atoms in total. The van der Waals surface area contributed by atoms with Gasteiger partial charge in [-0.2, -0.15) is 0 Å². The number of phosphoric ester groups is 1. The Morgan fingerprint density at radius 1 is 1.50 bits per heavy atom. The standard InChI is InChI=1S/C9H12N2O8P2S/c12-7-3-4-11(9(13)10-7)8-2-1-6(22-8)5-18-21(16,17)19-20(14)15/h3-4,6,8H,1-2,5H2,(H2-,10,12,13,14,15,16,17)/p+1/t6-,8+/m0/s1. The highest BCUT2D eigenvalue weighted by atomic mass is 32.2. The molecule has 1 aliphatic rings. The number of hydrogen-bond donors (Lipinski definition) is 3. The van der Waals surface area contributed by atoms with Gasteiger partial charge in [0.15, 0.2) is 0 Å². The molecule has 122 valence electrons. The van der Waals surface area contributed by atoms with E-state index in [0.717, 1.165) is 0 Å². The third kappa shape index (κ3) is 4.85. The van der Waals surface area contributed by atoms with Crippen LogP contribution in [0.5, 0.6) is 0 Å². The predicted octanol–water partition coefficient (Wildman–Crippen LogP) is 0.714. The van der Waals surface area contributed by atoms with Crippen LogP contribution in [0.25, 0.3) is 0 Å². The molecule has 2 rings (SSSR count). The van der Waals surface area contributed by atoms with Crippen molar-refractivity contribution in [2.24, 2.45) is 0 Å². The zero-order valence-corrected chi connectivity index (χ0v) is 13.6. The number of nitrogens with zero attached hydrogens (tertiary/aromatic N) is 1. The first-order chi connectivity index (χ1) is 10.3. The molecule has 0 aliphatic carbocycles. The van der Waals surface area contributed by atoms with Crippen LogP contribution in [-0.4, -0.2) is 31.2 Å². The van der Waals surface area contributed by atoms with Crippen LogP contribution in [0.15, 0.2) is 21.9 Å². The fraction of sp³-hybridized carbons (Fsp3) is 0.556. The highest BCUT2D eigenvalue weighted by Crippen LogP contribution is 2.52. The first kappa shape index (κ1) is 17.6. The van der Waals surface area contributed by atoms with Crippen LogP contribution < -0.4 is 11.2 Å². The van der Waals surface area contributed by atoms with Gasteiger partial charge in [-0.25, -0.2) is 9.36 Å². The van der Waals surface area contributed by atoms with Crippen molar-refractivity contribution >= 4 is 27.8 Å².